The van der Waals surface area contributed by atoms with Gasteiger partial charge in [-0.25, -0.2) is 0 Å². The third-order valence-electron chi connectivity index (χ3n) is 3.51. The Morgan fingerprint density at radius 3 is 2.41 bits per heavy atom. The number of carbonyl (C=O) groups excluding carboxylic acids is 1. The monoisotopic (exact) mass is 302 g/mol. The minimum atomic E-state index is -1.25. The summed E-state index contributed by atoms with van der Waals surface area (Å²) in [4.78, 5) is 12.1. The van der Waals surface area contributed by atoms with Gasteiger partial charge in [-0.2, -0.15) is 0 Å². The lowest BCUT2D eigenvalue weighted by Gasteiger charge is -2.30. The minimum Gasteiger partial charge on any atom is -0.507 e. The number of benzene rings is 1. The highest BCUT2D eigenvalue weighted by Gasteiger charge is 2.37. The van der Waals surface area contributed by atoms with Gasteiger partial charge in [0.25, 0.3) is 0 Å². The number of hydrogen-bond donors (Lipinski definition) is 2. The van der Waals surface area contributed by atoms with E-state index >= 15 is 0 Å². The maximum absolute atomic E-state index is 12.1. The van der Waals surface area contributed by atoms with Crippen LogP contribution in [0, 0.1) is 0 Å². The third-order valence-corrected chi connectivity index (χ3v) is 3.51. The van der Waals surface area contributed by atoms with Gasteiger partial charge in [-0.15, -0.1) is 0 Å². The molecule has 1 aliphatic rings. The Hall–Kier alpha value is -2.37. The zero-order valence-electron chi connectivity index (χ0n) is 12.4. The molecule has 2 rings (SSSR count). The zero-order chi connectivity index (χ0) is 16.2. The predicted molar refractivity (Wildman–Crippen MR) is 82.2 cm³/mol. The summed E-state index contributed by atoms with van der Waals surface area (Å²) < 4.78 is 10.3. The quantitative estimate of drug-likeness (QED) is 0.508. The van der Waals surface area contributed by atoms with Crippen LogP contribution in [0.4, 0.5) is 0 Å². The first-order valence-electron chi connectivity index (χ1n) is 6.73. The summed E-state index contributed by atoms with van der Waals surface area (Å²) in [5, 5.41) is 20.0. The van der Waals surface area contributed by atoms with E-state index in [-0.39, 0.29) is 29.3 Å². The van der Waals surface area contributed by atoms with Crippen LogP contribution in [0.15, 0.2) is 59.9 Å². The van der Waals surface area contributed by atoms with Crippen LogP contribution in [0.2, 0.25) is 0 Å². The first kappa shape index (κ1) is 16.0. The van der Waals surface area contributed by atoms with E-state index in [9.17, 15) is 15.0 Å². The molecule has 0 spiro atoms. The molecule has 2 N–H and O–H groups in total. The van der Waals surface area contributed by atoms with Crippen LogP contribution in [0.5, 0.6) is 0 Å². The van der Waals surface area contributed by atoms with Gasteiger partial charge in [-0.1, -0.05) is 30.3 Å². The standard InChI is InChI=1S/C17H18O5/c1-21-17(22-2)10-15(19)13(16(20)11-17)8-9-14(18)12-6-4-3-5-7-12/h3-10,18-19H,11H2,1-2H3/b13-8+,14-9-. The zero-order valence-corrected chi connectivity index (χ0v) is 12.4. The molecule has 5 nitrogen and oxygen atoms in total. The molecule has 1 aliphatic carbocycles. The molecule has 0 amide bonds. The van der Waals surface area contributed by atoms with Crippen LogP contribution < -0.4 is 0 Å². The maximum Gasteiger partial charge on any atom is 0.198 e. The summed E-state index contributed by atoms with van der Waals surface area (Å²) in [6.07, 6.45) is 4.05. The van der Waals surface area contributed by atoms with Crippen molar-refractivity contribution >= 4 is 11.5 Å². The first-order valence-corrected chi connectivity index (χ1v) is 6.73. The number of hydrogen-bond acceptors (Lipinski definition) is 5. The Morgan fingerprint density at radius 1 is 1.23 bits per heavy atom. The Bertz CT molecular complexity index is 636. The topological polar surface area (TPSA) is 76.0 Å². The van der Waals surface area contributed by atoms with Gasteiger partial charge < -0.3 is 19.7 Å². The molecule has 1 aromatic rings. The lowest BCUT2D eigenvalue weighted by molar-refractivity contribution is -0.179. The van der Waals surface area contributed by atoms with Crippen molar-refractivity contribution in [3.8, 4) is 0 Å². The highest BCUT2D eigenvalue weighted by atomic mass is 16.7. The fourth-order valence-electron chi connectivity index (χ4n) is 2.19. The molecule has 0 atom stereocenters. The maximum atomic E-state index is 12.1. The van der Waals surface area contributed by atoms with E-state index < -0.39 is 5.79 Å². The largest absolute Gasteiger partial charge is 0.507 e. The van der Waals surface area contributed by atoms with E-state index in [0.29, 0.717) is 5.56 Å². The smallest absolute Gasteiger partial charge is 0.198 e. The van der Waals surface area contributed by atoms with Gasteiger partial charge in [0.05, 0.1) is 12.0 Å². The van der Waals surface area contributed by atoms with E-state index in [0.717, 1.165) is 0 Å². The van der Waals surface area contributed by atoms with Crippen LogP contribution in [-0.4, -0.2) is 36.0 Å². The van der Waals surface area contributed by atoms with Crippen molar-refractivity contribution < 1.29 is 24.5 Å². The average molecular weight is 302 g/mol. The molecular formula is C17H18O5. The molecule has 116 valence electrons. The molecule has 22 heavy (non-hydrogen) atoms. The fourth-order valence-corrected chi connectivity index (χ4v) is 2.19. The minimum absolute atomic E-state index is 0.00372. The summed E-state index contributed by atoms with van der Waals surface area (Å²) in [6, 6.07) is 8.90. The predicted octanol–water partition coefficient (Wildman–Crippen LogP) is 2.92. The Balaban J connectivity index is 2.31. The van der Waals surface area contributed by atoms with Crippen LogP contribution in [0.25, 0.3) is 5.76 Å². The molecule has 0 aromatic heterocycles. The Morgan fingerprint density at radius 2 is 1.86 bits per heavy atom. The van der Waals surface area contributed by atoms with E-state index in [2.05, 4.69) is 0 Å². The molecule has 0 saturated carbocycles. The Kier molecular flexibility index (Phi) is 4.80. The number of aliphatic hydroxyl groups is 2. The molecule has 0 aliphatic heterocycles. The van der Waals surface area contributed by atoms with Crippen molar-refractivity contribution in [1.29, 1.82) is 0 Å². The second kappa shape index (κ2) is 6.60. The van der Waals surface area contributed by atoms with Crippen molar-refractivity contribution in [2.75, 3.05) is 14.2 Å². The van der Waals surface area contributed by atoms with Gasteiger partial charge in [-0.3, -0.25) is 4.79 Å². The summed E-state index contributed by atoms with van der Waals surface area (Å²) in [5.74, 6) is -1.81. The average Bonchev–Trinajstić information content (AvgIpc) is 2.54. The second-order valence-corrected chi connectivity index (χ2v) is 4.85. The van der Waals surface area contributed by atoms with Crippen molar-refractivity contribution in [3.63, 3.8) is 0 Å². The molecule has 1 aromatic carbocycles. The molecule has 0 radical (unpaired) electrons. The number of carbonyl (C=O) groups is 1. The van der Waals surface area contributed by atoms with E-state index in [1.807, 2.05) is 6.07 Å². The van der Waals surface area contributed by atoms with Crippen molar-refractivity contribution in [2.24, 2.45) is 0 Å². The van der Waals surface area contributed by atoms with E-state index in [1.165, 1.54) is 32.4 Å². The highest BCUT2D eigenvalue weighted by Crippen LogP contribution is 2.30. The molecule has 5 heteroatoms. The first-order chi connectivity index (χ1) is 10.5. The molecular weight excluding hydrogens is 284 g/mol. The number of methoxy groups -OCH3 is 2. The third kappa shape index (κ3) is 3.27. The van der Waals surface area contributed by atoms with Gasteiger partial charge in [0.15, 0.2) is 11.6 Å². The van der Waals surface area contributed by atoms with Crippen LogP contribution in [0.1, 0.15) is 12.0 Å². The molecule has 0 unspecified atom stereocenters. The van der Waals surface area contributed by atoms with Gasteiger partial charge >= 0.3 is 0 Å². The number of ether oxygens (including phenoxy) is 2. The fraction of sp³-hybridized carbons (Fsp3) is 0.235. The van der Waals surface area contributed by atoms with Gasteiger partial charge in [0.1, 0.15) is 11.5 Å². The van der Waals surface area contributed by atoms with Crippen molar-refractivity contribution in [2.45, 2.75) is 12.2 Å². The number of rotatable bonds is 4. The van der Waals surface area contributed by atoms with Gasteiger partial charge in [0, 0.05) is 25.9 Å². The molecule has 0 saturated heterocycles. The van der Waals surface area contributed by atoms with Crippen molar-refractivity contribution in [3.05, 3.63) is 65.5 Å². The Labute approximate surface area is 128 Å². The molecule has 0 heterocycles. The lowest BCUT2D eigenvalue weighted by atomic mass is 9.93. The van der Waals surface area contributed by atoms with Gasteiger partial charge in [-0.05, 0) is 12.2 Å². The van der Waals surface area contributed by atoms with Crippen molar-refractivity contribution in [1.82, 2.24) is 0 Å². The molecule has 0 bridgehead atoms. The number of allylic oxidation sites excluding steroid dienone is 3. The van der Waals surface area contributed by atoms with Crippen LogP contribution >= 0.6 is 0 Å². The van der Waals surface area contributed by atoms with E-state index in [1.54, 1.807) is 24.3 Å². The number of ketones is 1. The molecule has 0 fully saturated rings. The number of Topliss-reactive ketones (excluding diaryl/α,β-unsaturated/α-hetero) is 1. The summed E-state index contributed by atoms with van der Waals surface area (Å²) >= 11 is 0. The number of aliphatic hydroxyl groups excluding tert-OH is 2. The SMILES string of the molecule is COC1(OC)C=C(O)/C(=C\C=C(/O)c2ccccc2)C(=O)C1. The summed E-state index contributed by atoms with van der Waals surface area (Å²) in [7, 11) is 2.80. The van der Waals surface area contributed by atoms with Crippen LogP contribution in [-0.2, 0) is 14.3 Å². The summed E-state index contributed by atoms with van der Waals surface area (Å²) in [6.45, 7) is 0. The summed E-state index contributed by atoms with van der Waals surface area (Å²) in [5.41, 5.74) is 0.724. The van der Waals surface area contributed by atoms with Gasteiger partial charge in [0.2, 0.25) is 0 Å². The van der Waals surface area contributed by atoms with E-state index in [4.69, 9.17) is 9.47 Å². The van der Waals surface area contributed by atoms with Crippen LogP contribution in [0.3, 0.4) is 0 Å². The lowest BCUT2D eigenvalue weighted by Crippen LogP contribution is -2.38. The second-order valence-electron chi connectivity index (χ2n) is 4.85. The normalized spacial score (nSPS) is 20.1. The highest BCUT2D eigenvalue weighted by molar-refractivity contribution is 6.01.